The van der Waals surface area contributed by atoms with Crippen molar-refractivity contribution >= 4 is 10.0 Å². The molecule has 2 N–H and O–H groups in total. The zero-order chi connectivity index (χ0) is 12.3. The second-order valence-corrected chi connectivity index (χ2v) is 7.33. The number of nitrogens with one attached hydrogen (secondary N) is 2. The summed E-state index contributed by atoms with van der Waals surface area (Å²) in [5.41, 5.74) is 0. The summed E-state index contributed by atoms with van der Waals surface area (Å²) >= 11 is 0. The lowest BCUT2D eigenvalue weighted by Gasteiger charge is -2.32. The van der Waals surface area contributed by atoms with E-state index in [1.807, 2.05) is 0 Å². The molecule has 2 fully saturated rings. The van der Waals surface area contributed by atoms with Crippen LogP contribution in [-0.4, -0.2) is 32.8 Å². The summed E-state index contributed by atoms with van der Waals surface area (Å²) in [6.07, 6.45) is 6.42. The minimum absolute atomic E-state index is 0.180. The van der Waals surface area contributed by atoms with E-state index < -0.39 is 10.0 Å². The van der Waals surface area contributed by atoms with Gasteiger partial charge in [-0.3, -0.25) is 0 Å². The Bertz CT molecular complexity index is 336. The van der Waals surface area contributed by atoms with Gasteiger partial charge in [-0.05, 0) is 31.7 Å². The number of hydrogen-bond donors (Lipinski definition) is 2. The lowest BCUT2D eigenvalue weighted by Crippen LogP contribution is -2.46. The zero-order valence-corrected chi connectivity index (χ0v) is 11.4. The number of sulfonamides is 1. The van der Waals surface area contributed by atoms with E-state index in [1.54, 1.807) is 0 Å². The molecule has 0 spiro atoms. The van der Waals surface area contributed by atoms with Gasteiger partial charge in [0, 0.05) is 12.6 Å². The van der Waals surface area contributed by atoms with Gasteiger partial charge >= 0.3 is 0 Å². The molecule has 4 nitrogen and oxygen atoms in total. The maximum Gasteiger partial charge on any atom is 0.216 e. The molecule has 1 heterocycles. The van der Waals surface area contributed by atoms with Gasteiger partial charge in [0.2, 0.25) is 10.0 Å². The van der Waals surface area contributed by atoms with Crippen molar-refractivity contribution in [3.63, 3.8) is 0 Å². The van der Waals surface area contributed by atoms with Gasteiger partial charge in [-0.25, -0.2) is 13.1 Å². The molecule has 5 heteroatoms. The lowest BCUT2D eigenvalue weighted by atomic mass is 9.83. The third kappa shape index (κ3) is 3.20. The van der Waals surface area contributed by atoms with Crippen LogP contribution in [0.25, 0.3) is 0 Å². The molecule has 3 unspecified atom stereocenters. The van der Waals surface area contributed by atoms with E-state index in [2.05, 4.69) is 17.0 Å². The van der Waals surface area contributed by atoms with E-state index in [0.717, 1.165) is 32.2 Å². The van der Waals surface area contributed by atoms with Crippen molar-refractivity contribution in [2.24, 2.45) is 5.92 Å². The fraction of sp³-hybridized carbons (Fsp3) is 1.00. The van der Waals surface area contributed by atoms with Crippen LogP contribution in [0.2, 0.25) is 0 Å². The Morgan fingerprint density at radius 3 is 2.65 bits per heavy atom. The second-order valence-electron chi connectivity index (χ2n) is 5.34. The van der Waals surface area contributed by atoms with Gasteiger partial charge in [0.05, 0.1) is 5.25 Å². The first kappa shape index (κ1) is 13.3. The van der Waals surface area contributed by atoms with Crippen LogP contribution in [0.15, 0.2) is 0 Å². The van der Waals surface area contributed by atoms with Gasteiger partial charge in [0.1, 0.15) is 0 Å². The molecule has 2 aliphatic rings. The number of rotatable bonds is 4. The lowest BCUT2D eigenvalue weighted by molar-refractivity contribution is 0.281. The molecule has 0 radical (unpaired) electrons. The van der Waals surface area contributed by atoms with E-state index >= 15 is 0 Å². The third-order valence-corrected chi connectivity index (χ3v) is 6.11. The molecule has 1 aliphatic carbocycles. The first-order valence-electron chi connectivity index (χ1n) is 6.85. The van der Waals surface area contributed by atoms with Crippen LogP contribution in [0, 0.1) is 5.92 Å². The highest BCUT2D eigenvalue weighted by atomic mass is 32.2. The molecule has 1 saturated carbocycles. The molecular formula is C12H24N2O2S. The van der Waals surface area contributed by atoms with Crippen molar-refractivity contribution in [1.82, 2.24) is 10.0 Å². The molecule has 100 valence electrons. The summed E-state index contributed by atoms with van der Waals surface area (Å²) in [5.74, 6) is 0.535. The Balaban J connectivity index is 1.98. The molecule has 0 aromatic heterocycles. The van der Waals surface area contributed by atoms with Crippen LogP contribution < -0.4 is 10.0 Å². The van der Waals surface area contributed by atoms with Crippen molar-refractivity contribution in [2.75, 3.05) is 13.1 Å². The fourth-order valence-electron chi connectivity index (χ4n) is 3.05. The summed E-state index contributed by atoms with van der Waals surface area (Å²) in [5, 5.41) is 2.90. The average molecular weight is 260 g/mol. The maximum atomic E-state index is 12.2. The van der Waals surface area contributed by atoms with Crippen molar-refractivity contribution in [2.45, 2.75) is 56.7 Å². The molecule has 17 heavy (non-hydrogen) atoms. The maximum absolute atomic E-state index is 12.2. The van der Waals surface area contributed by atoms with Crippen LogP contribution in [-0.2, 0) is 10.0 Å². The van der Waals surface area contributed by atoms with E-state index in [9.17, 15) is 8.42 Å². The second kappa shape index (κ2) is 5.67. The highest BCUT2D eigenvalue weighted by molar-refractivity contribution is 7.90. The summed E-state index contributed by atoms with van der Waals surface area (Å²) in [7, 11) is -3.12. The van der Waals surface area contributed by atoms with Gasteiger partial charge < -0.3 is 5.32 Å². The van der Waals surface area contributed by atoms with Crippen molar-refractivity contribution < 1.29 is 8.42 Å². The third-order valence-electron chi connectivity index (χ3n) is 4.20. The van der Waals surface area contributed by atoms with Gasteiger partial charge in [0.25, 0.3) is 0 Å². The Morgan fingerprint density at radius 1 is 1.24 bits per heavy atom. The van der Waals surface area contributed by atoms with Crippen LogP contribution >= 0.6 is 0 Å². The predicted molar refractivity (Wildman–Crippen MR) is 69.4 cm³/mol. The Hall–Kier alpha value is -0.130. The minimum Gasteiger partial charge on any atom is -0.315 e. The van der Waals surface area contributed by atoms with Crippen LogP contribution in [0.5, 0.6) is 0 Å². The largest absolute Gasteiger partial charge is 0.315 e. The van der Waals surface area contributed by atoms with E-state index in [1.165, 1.54) is 12.8 Å². The standard InChI is InChI=1S/C12H24N2O2S/c1-2-10-5-3-4-6-12(10)14-17(15,16)11-7-8-13-9-11/h10-14H,2-9H2,1H3. The first-order chi connectivity index (χ1) is 8.13. The topological polar surface area (TPSA) is 58.2 Å². The molecule has 1 aliphatic heterocycles. The Labute approximate surface area is 105 Å². The first-order valence-corrected chi connectivity index (χ1v) is 8.40. The van der Waals surface area contributed by atoms with E-state index in [4.69, 9.17) is 0 Å². The van der Waals surface area contributed by atoms with Crippen molar-refractivity contribution in [3.05, 3.63) is 0 Å². The van der Waals surface area contributed by atoms with Gasteiger partial charge in [-0.15, -0.1) is 0 Å². The monoisotopic (exact) mass is 260 g/mol. The molecule has 0 amide bonds. The highest BCUT2D eigenvalue weighted by Crippen LogP contribution is 2.27. The van der Waals surface area contributed by atoms with Crippen LogP contribution in [0.4, 0.5) is 0 Å². The Morgan fingerprint density at radius 2 is 2.00 bits per heavy atom. The number of hydrogen-bond acceptors (Lipinski definition) is 3. The molecule has 3 atom stereocenters. The smallest absolute Gasteiger partial charge is 0.216 e. The molecule has 0 aromatic rings. The van der Waals surface area contributed by atoms with Crippen LogP contribution in [0.1, 0.15) is 45.4 Å². The van der Waals surface area contributed by atoms with E-state index in [0.29, 0.717) is 12.5 Å². The van der Waals surface area contributed by atoms with Gasteiger partial charge in [0.15, 0.2) is 0 Å². The molecule has 1 saturated heterocycles. The van der Waals surface area contributed by atoms with Crippen LogP contribution in [0.3, 0.4) is 0 Å². The minimum atomic E-state index is -3.12. The molecule has 2 rings (SSSR count). The normalized spacial score (nSPS) is 35.0. The highest BCUT2D eigenvalue weighted by Gasteiger charge is 2.33. The summed E-state index contributed by atoms with van der Waals surface area (Å²) < 4.78 is 27.4. The van der Waals surface area contributed by atoms with Gasteiger partial charge in [-0.2, -0.15) is 0 Å². The zero-order valence-electron chi connectivity index (χ0n) is 10.6. The summed E-state index contributed by atoms with van der Waals surface area (Å²) in [6.45, 7) is 3.60. The Kier molecular flexibility index (Phi) is 4.44. The SMILES string of the molecule is CCC1CCCCC1NS(=O)(=O)C1CCNC1. The van der Waals surface area contributed by atoms with Gasteiger partial charge in [-0.1, -0.05) is 26.2 Å². The molecule has 0 bridgehead atoms. The average Bonchev–Trinajstić information content (AvgIpc) is 2.83. The molecule has 0 aromatic carbocycles. The fourth-order valence-corrected chi connectivity index (χ4v) is 4.74. The predicted octanol–water partition coefficient (Wildman–Crippen LogP) is 1.24. The quantitative estimate of drug-likeness (QED) is 0.799. The summed E-state index contributed by atoms with van der Waals surface area (Å²) in [4.78, 5) is 0. The van der Waals surface area contributed by atoms with Crippen molar-refractivity contribution in [3.8, 4) is 0 Å². The molecular weight excluding hydrogens is 236 g/mol. The van der Waals surface area contributed by atoms with E-state index in [-0.39, 0.29) is 11.3 Å². The summed E-state index contributed by atoms with van der Waals surface area (Å²) in [6, 6.07) is 0.180. The van der Waals surface area contributed by atoms with Crippen molar-refractivity contribution in [1.29, 1.82) is 0 Å².